The molecule has 0 radical (unpaired) electrons. The molecule has 1 amide bonds. The molecule has 3 aromatic rings. The van der Waals surface area contributed by atoms with Crippen molar-refractivity contribution in [3.8, 4) is 5.69 Å². The fourth-order valence-corrected chi connectivity index (χ4v) is 2.81. The molecule has 0 spiro atoms. The molecule has 2 aromatic heterocycles. The molecule has 1 aliphatic heterocycles. The normalized spacial score (nSPS) is 17.6. The van der Waals surface area contributed by atoms with Gasteiger partial charge in [0.1, 0.15) is 6.04 Å². The first-order valence-electron chi connectivity index (χ1n) is 8.02. The molecule has 25 heavy (non-hydrogen) atoms. The Morgan fingerprint density at radius 1 is 1.24 bits per heavy atom. The van der Waals surface area contributed by atoms with Gasteiger partial charge >= 0.3 is 0 Å². The van der Waals surface area contributed by atoms with Crippen LogP contribution in [0.2, 0.25) is 0 Å². The Bertz CT molecular complexity index is 873. The van der Waals surface area contributed by atoms with E-state index < -0.39 is 6.04 Å². The summed E-state index contributed by atoms with van der Waals surface area (Å²) in [6.45, 7) is 2.98. The second kappa shape index (κ2) is 6.48. The molecular formula is C17H17N5O3. The lowest BCUT2D eigenvalue weighted by atomic mass is 10.2. The summed E-state index contributed by atoms with van der Waals surface area (Å²) < 4.78 is 12.4. The minimum absolute atomic E-state index is 0.182. The quantitative estimate of drug-likeness (QED) is 0.723. The monoisotopic (exact) mass is 339 g/mol. The van der Waals surface area contributed by atoms with E-state index in [2.05, 4.69) is 15.2 Å². The van der Waals surface area contributed by atoms with Crippen molar-refractivity contribution >= 4 is 5.91 Å². The topological polar surface area (TPSA) is 86.3 Å². The van der Waals surface area contributed by atoms with E-state index in [-0.39, 0.29) is 5.91 Å². The number of morpholine rings is 1. The summed E-state index contributed by atoms with van der Waals surface area (Å²) in [7, 11) is 0. The number of rotatable bonds is 3. The van der Waals surface area contributed by atoms with Gasteiger partial charge < -0.3 is 14.2 Å². The van der Waals surface area contributed by atoms with E-state index in [1.807, 2.05) is 30.3 Å². The molecule has 1 fully saturated rings. The largest absolute Gasteiger partial charge is 0.377 e. The van der Waals surface area contributed by atoms with Gasteiger partial charge in [-0.3, -0.25) is 4.79 Å². The van der Waals surface area contributed by atoms with Gasteiger partial charge in [-0.2, -0.15) is 10.1 Å². The minimum atomic E-state index is -0.399. The van der Waals surface area contributed by atoms with Crippen molar-refractivity contribution in [3.63, 3.8) is 0 Å². The van der Waals surface area contributed by atoms with Crippen LogP contribution in [-0.4, -0.2) is 50.5 Å². The molecule has 0 aliphatic carbocycles. The molecule has 0 bridgehead atoms. The first-order valence-corrected chi connectivity index (χ1v) is 8.02. The number of aromatic nitrogens is 4. The fraction of sp³-hybridized carbons (Fsp3) is 0.294. The summed E-state index contributed by atoms with van der Waals surface area (Å²) in [6.07, 6.45) is 1.77. The van der Waals surface area contributed by atoms with Gasteiger partial charge in [0.25, 0.3) is 11.8 Å². The maximum Gasteiger partial charge on any atom is 0.275 e. The number of benzene rings is 1. The van der Waals surface area contributed by atoms with Gasteiger partial charge in [-0.25, -0.2) is 4.68 Å². The minimum Gasteiger partial charge on any atom is -0.377 e. The molecule has 1 aromatic carbocycles. The molecule has 1 atom stereocenters. The van der Waals surface area contributed by atoms with E-state index >= 15 is 0 Å². The highest BCUT2D eigenvalue weighted by Gasteiger charge is 2.34. The van der Waals surface area contributed by atoms with Gasteiger partial charge in [-0.1, -0.05) is 23.4 Å². The van der Waals surface area contributed by atoms with Crippen molar-refractivity contribution in [2.24, 2.45) is 0 Å². The second-order valence-electron chi connectivity index (χ2n) is 5.75. The van der Waals surface area contributed by atoms with Gasteiger partial charge in [-0.15, -0.1) is 0 Å². The summed E-state index contributed by atoms with van der Waals surface area (Å²) in [5.41, 5.74) is 1.26. The van der Waals surface area contributed by atoms with Crippen LogP contribution in [0.3, 0.4) is 0 Å². The number of hydrogen-bond donors (Lipinski definition) is 0. The van der Waals surface area contributed by atoms with Crippen molar-refractivity contribution in [3.05, 3.63) is 60.0 Å². The lowest BCUT2D eigenvalue weighted by Crippen LogP contribution is -2.43. The van der Waals surface area contributed by atoms with E-state index in [9.17, 15) is 4.79 Å². The number of hydrogen-bond acceptors (Lipinski definition) is 6. The molecule has 0 N–H and O–H groups in total. The van der Waals surface area contributed by atoms with Crippen LogP contribution in [0.25, 0.3) is 5.69 Å². The van der Waals surface area contributed by atoms with Crippen molar-refractivity contribution in [2.75, 3.05) is 19.8 Å². The predicted octanol–water partition coefficient (Wildman–Crippen LogP) is 1.78. The van der Waals surface area contributed by atoms with Gasteiger partial charge in [-0.05, 0) is 25.1 Å². The third kappa shape index (κ3) is 3.03. The number of carbonyl (C=O) groups excluding carboxylic acids is 1. The average Bonchev–Trinajstić information content (AvgIpc) is 3.31. The molecule has 8 heteroatoms. The van der Waals surface area contributed by atoms with E-state index in [1.54, 1.807) is 28.8 Å². The predicted molar refractivity (Wildman–Crippen MR) is 87.2 cm³/mol. The average molecular weight is 339 g/mol. The smallest absolute Gasteiger partial charge is 0.275 e. The molecule has 8 nitrogen and oxygen atoms in total. The standard InChI is InChI=1S/C17H17N5O3/c1-12-18-16(25-20-12)15-11-24-10-9-21(15)17(23)14-7-8-22(19-14)13-5-3-2-4-6-13/h2-8,15H,9-11H2,1H3. The van der Waals surface area contributed by atoms with E-state index in [0.717, 1.165) is 5.69 Å². The summed E-state index contributed by atoms with van der Waals surface area (Å²) >= 11 is 0. The number of amides is 1. The molecule has 4 rings (SSSR count). The van der Waals surface area contributed by atoms with Crippen LogP contribution in [0.5, 0.6) is 0 Å². The lowest BCUT2D eigenvalue weighted by molar-refractivity contribution is -0.0122. The van der Waals surface area contributed by atoms with Gasteiger partial charge in [0.15, 0.2) is 11.5 Å². The Labute approximate surface area is 144 Å². The van der Waals surface area contributed by atoms with Gasteiger partial charge in [0, 0.05) is 12.7 Å². The highest BCUT2D eigenvalue weighted by Crippen LogP contribution is 2.24. The molecule has 0 saturated carbocycles. The van der Waals surface area contributed by atoms with Crippen molar-refractivity contribution in [2.45, 2.75) is 13.0 Å². The van der Waals surface area contributed by atoms with Crippen LogP contribution in [0.15, 0.2) is 47.1 Å². The Morgan fingerprint density at radius 3 is 2.84 bits per heavy atom. The molecule has 128 valence electrons. The second-order valence-corrected chi connectivity index (χ2v) is 5.75. The van der Waals surface area contributed by atoms with Gasteiger partial charge in [0.05, 0.1) is 18.9 Å². The first-order chi connectivity index (χ1) is 12.2. The number of nitrogens with zero attached hydrogens (tertiary/aromatic N) is 5. The third-order valence-electron chi connectivity index (χ3n) is 4.05. The summed E-state index contributed by atoms with van der Waals surface area (Å²) in [5, 5.41) is 8.21. The summed E-state index contributed by atoms with van der Waals surface area (Å²) in [5.74, 6) is 0.730. The Hall–Kier alpha value is -3.00. The zero-order valence-electron chi connectivity index (χ0n) is 13.7. The number of para-hydroxylation sites is 1. The maximum absolute atomic E-state index is 12.9. The zero-order valence-corrected chi connectivity index (χ0v) is 13.7. The van der Waals surface area contributed by atoms with Crippen LogP contribution < -0.4 is 0 Å². The SMILES string of the molecule is Cc1noc(C2COCCN2C(=O)c2ccn(-c3ccccc3)n2)n1. The Balaban J connectivity index is 1.60. The third-order valence-corrected chi connectivity index (χ3v) is 4.05. The maximum atomic E-state index is 12.9. The molecule has 3 heterocycles. The Kier molecular flexibility index (Phi) is 4.02. The highest BCUT2D eigenvalue weighted by atomic mass is 16.5. The van der Waals surface area contributed by atoms with Crippen molar-refractivity contribution in [1.82, 2.24) is 24.8 Å². The molecular weight excluding hydrogens is 322 g/mol. The van der Waals surface area contributed by atoms with Crippen LogP contribution in [0, 0.1) is 6.92 Å². The van der Waals surface area contributed by atoms with Crippen molar-refractivity contribution < 1.29 is 14.1 Å². The fourth-order valence-electron chi connectivity index (χ4n) is 2.81. The van der Waals surface area contributed by atoms with E-state index in [0.29, 0.717) is 37.2 Å². The van der Waals surface area contributed by atoms with Crippen LogP contribution >= 0.6 is 0 Å². The van der Waals surface area contributed by atoms with Crippen LogP contribution in [0.4, 0.5) is 0 Å². The number of aryl methyl sites for hydroxylation is 1. The highest BCUT2D eigenvalue weighted by molar-refractivity contribution is 5.92. The number of carbonyl (C=O) groups is 1. The van der Waals surface area contributed by atoms with Crippen LogP contribution in [-0.2, 0) is 4.74 Å². The van der Waals surface area contributed by atoms with Crippen molar-refractivity contribution in [1.29, 1.82) is 0 Å². The molecule has 1 aliphatic rings. The Morgan fingerprint density at radius 2 is 2.08 bits per heavy atom. The summed E-state index contributed by atoms with van der Waals surface area (Å²) in [6, 6.07) is 11.0. The summed E-state index contributed by atoms with van der Waals surface area (Å²) in [4.78, 5) is 18.9. The zero-order chi connectivity index (χ0) is 17.2. The number of ether oxygens (including phenoxy) is 1. The van der Waals surface area contributed by atoms with E-state index in [4.69, 9.17) is 9.26 Å². The van der Waals surface area contributed by atoms with Gasteiger partial charge in [0.2, 0.25) is 0 Å². The van der Waals surface area contributed by atoms with Crippen LogP contribution in [0.1, 0.15) is 28.2 Å². The molecule has 1 unspecified atom stereocenters. The first kappa shape index (κ1) is 15.5. The lowest BCUT2D eigenvalue weighted by Gasteiger charge is -2.32. The van der Waals surface area contributed by atoms with E-state index in [1.165, 1.54) is 0 Å². The molecule has 1 saturated heterocycles.